The van der Waals surface area contributed by atoms with Crippen LogP contribution in [0.3, 0.4) is 0 Å². The second-order valence-electron chi connectivity index (χ2n) is 8.91. The van der Waals surface area contributed by atoms with Gasteiger partial charge in [-0.15, -0.1) is 0 Å². The third-order valence-corrected chi connectivity index (χ3v) is 8.55. The number of amides is 2. The Kier molecular flexibility index (Phi) is 10.2. The molecule has 2 atom stereocenters. The minimum absolute atomic E-state index is 0.0159. The standard InChI is InChI=1S/C28H31Cl2N3O4S/c1-4-20(2)31-28(35)21(3)32(18-22-15-16-23(29)17-26(22)30)27(34)19-33(24-11-7-5-8-12-24)38(36,37)25-13-9-6-10-14-25/h5-17,20-21H,4,18-19H2,1-3H3,(H,31,35)/t20-,21+/m0/s1. The fraction of sp³-hybridized carbons (Fsp3) is 0.286. The summed E-state index contributed by atoms with van der Waals surface area (Å²) in [6, 6.07) is 20.2. The third-order valence-electron chi connectivity index (χ3n) is 6.18. The first-order valence-corrected chi connectivity index (χ1v) is 14.4. The summed E-state index contributed by atoms with van der Waals surface area (Å²) in [7, 11) is -4.10. The maximum Gasteiger partial charge on any atom is 0.264 e. The van der Waals surface area contributed by atoms with E-state index in [9.17, 15) is 18.0 Å². The minimum Gasteiger partial charge on any atom is -0.352 e. The summed E-state index contributed by atoms with van der Waals surface area (Å²) >= 11 is 12.4. The van der Waals surface area contributed by atoms with Crippen molar-refractivity contribution < 1.29 is 18.0 Å². The second kappa shape index (κ2) is 13.1. The van der Waals surface area contributed by atoms with Crippen LogP contribution in [0.5, 0.6) is 0 Å². The van der Waals surface area contributed by atoms with Gasteiger partial charge in [0.05, 0.1) is 10.6 Å². The van der Waals surface area contributed by atoms with E-state index in [1.54, 1.807) is 73.7 Å². The first kappa shape index (κ1) is 29.5. The number of rotatable bonds is 11. The van der Waals surface area contributed by atoms with Crippen LogP contribution in [0.15, 0.2) is 83.8 Å². The van der Waals surface area contributed by atoms with E-state index in [0.717, 1.165) is 4.31 Å². The summed E-state index contributed by atoms with van der Waals surface area (Å²) in [4.78, 5) is 28.3. The van der Waals surface area contributed by atoms with E-state index >= 15 is 0 Å². The molecular weight excluding hydrogens is 545 g/mol. The number of sulfonamides is 1. The number of benzene rings is 3. The summed E-state index contributed by atoms with van der Waals surface area (Å²) in [6.07, 6.45) is 0.715. The van der Waals surface area contributed by atoms with Crippen molar-refractivity contribution >= 4 is 50.7 Å². The van der Waals surface area contributed by atoms with Crippen LogP contribution in [0.25, 0.3) is 0 Å². The predicted molar refractivity (Wildman–Crippen MR) is 152 cm³/mol. The van der Waals surface area contributed by atoms with Crippen LogP contribution in [0.2, 0.25) is 10.0 Å². The van der Waals surface area contributed by atoms with Gasteiger partial charge >= 0.3 is 0 Å². The highest BCUT2D eigenvalue weighted by molar-refractivity contribution is 7.92. The number of carbonyl (C=O) groups excluding carboxylic acids is 2. The Morgan fingerprint density at radius 2 is 1.53 bits per heavy atom. The highest BCUT2D eigenvalue weighted by Crippen LogP contribution is 2.26. The molecule has 0 heterocycles. The van der Waals surface area contributed by atoms with E-state index in [2.05, 4.69) is 5.32 Å². The smallest absolute Gasteiger partial charge is 0.264 e. The Balaban J connectivity index is 2.01. The molecule has 0 saturated carbocycles. The van der Waals surface area contributed by atoms with Gasteiger partial charge in [0.15, 0.2) is 0 Å². The molecule has 0 radical (unpaired) electrons. The molecule has 0 saturated heterocycles. The minimum atomic E-state index is -4.10. The van der Waals surface area contributed by atoms with Crippen molar-refractivity contribution in [3.05, 3.63) is 94.5 Å². The molecule has 202 valence electrons. The van der Waals surface area contributed by atoms with Crippen molar-refractivity contribution in [1.82, 2.24) is 10.2 Å². The molecule has 10 heteroatoms. The number of para-hydroxylation sites is 1. The maximum absolute atomic E-state index is 13.9. The van der Waals surface area contributed by atoms with Gasteiger partial charge in [-0.3, -0.25) is 13.9 Å². The number of hydrogen-bond acceptors (Lipinski definition) is 4. The lowest BCUT2D eigenvalue weighted by molar-refractivity contribution is -0.139. The fourth-order valence-corrected chi connectivity index (χ4v) is 5.63. The Bertz CT molecular complexity index is 1360. The molecule has 7 nitrogen and oxygen atoms in total. The van der Waals surface area contributed by atoms with Crippen molar-refractivity contribution in [3.8, 4) is 0 Å². The Morgan fingerprint density at radius 3 is 2.11 bits per heavy atom. The molecule has 1 N–H and O–H groups in total. The molecule has 3 rings (SSSR count). The van der Waals surface area contributed by atoms with Crippen molar-refractivity contribution in [2.24, 2.45) is 0 Å². The lowest BCUT2D eigenvalue weighted by Gasteiger charge is -2.32. The molecule has 0 spiro atoms. The summed E-state index contributed by atoms with van der Waals surface area (Å²) in [6.45, 7) is 4.89. The van der Waals surface area contributed by atoms with Gasteiger partial charge in [0.1, 0.15) is 12.6 Å². The molecule has 0 aliphatic rings. The Hall–Kier alpha value is -3.07. The van der Waals surface area contributed by atoms with E-state index in [0.29, 0.717) is 27.7 Å². The molecular formula is C28H31Cl2N3O4S. The van der Waals surface area contributed by atoms with Gasteiger partial charge in [0, 0.05) is 22.6 Å². The average Bonchev–Trinajstić information content (AvgIpc) is 2.91. The van der Waals surface area contributed by atoms with Crippen molar-refractivity contribution in [2.45, 2.75) is 50.7 Å². The van der Waals surface area contributed by atoms with Crippen molar-refractivity contribution in [3.63, 3.8) is 0 Å². The van der Waals surface area contributed by atoms with Crippen molar-refractivity contribution in [2.75, 3.05) is 10.8 Å². The van der Waals surface area contributed by atoms with E-state index in [1.165, 1.54) is 17.0 Å². The lowest BCUT2D eigenvalue weighted by Crippen LogP contribution is -2.52. The quantitative estimate of drug-likeness (QED) is 0.326. The van der Waals surface area contributed by atoms with Crippen LogP contribution in [-0.4, -0.2) is 43.8 Å². The number of hydrogen-bond donors (Lipinski definition) is 1. The lowest BCUT2D eigenvalue weighted by atomic mass is 10.1. The number of carbonyl (C=O) groups is 2. The Morgan fingerprint density at radius 1 is 0.921 bits per heavy atom. The summed E-state index contributed by atoms with van der Waals surface area (Å²) in [5, 5.41) is 3.67. The second-order valence-corrected chi connectivity index (χ2v) is 11.6. The summed E-state index contributed by atoms with van der Waals surface area (Å²) < 4.78 is 28.4. The first-order valence-electron chi connectivity index (χ1n) is 12.2. The molecule has 0 unspecified atom stereocenters. The van der Waals surface area contributed by atoms with E-state index < -0.39 is 28.5 Å². The largest absolute Gasteiger partial charge is 0.352 e. The van der Waals surface area contributed by atoms with E-state index in [4.69, 9.17) is 23.2 Å². The van der Waals surface area contributed by atoms with Crippen LogP contribution in [0.4, 0.5) is 5.69 Å². The molecule has 2 amide bonds. The monoisotopic (exact) mass is 575 g/mol. The summed E-state index contributed by atoms with van der Waals surface area (Å²) in [5.74, 6) is -0.916. The number of nitrogens with one attached hydrogen (secondary N) is 1. The molecule has 3 aromatic carbocycles. The third kappa shape index (κ3) is 7.28. The zero-order valence-corrected chi connectivity index (χ0v) is 23.8. The molecule has 0 bridgehead atoms. The van der Waals surface area contributed by atoms with Gasteiger partial charge in [0.25, 0.3) is 10.0 Å². The average molecular weight is 577 g/mol. The molecule has 0 aromatic heterocycles. The molecule has 0 aliphatic heterocycles. The number of nitrogens with zero attached hydrogens (tertiary/aromatic N) is 2. The number of halogens is 2. The Labute approximate surface area is 234 Å². The van der Waals surface area contributed by atoms with E-state index in [1.807, 2.05) is 13.8 Å². The van der Waals surface area contributed by atoms with Crippen LogP contribution >= 0.6 is 23.2 Å². The van der Waals surface area contributed by atoms with Crippen LogP contribution in [0.1, 0.15) is 32.8 Å². The highest BCUT2D eigenvalue weighted by atomic mass is 35.5. The maximum atomic E-state index is 13.9. The van der Waals surface area contributed by atoms with Gasteiger partial charge in [-0.1, -0.05) is 72.6 Å². The van der Waals surface area contributed by atoms with Gasteiger partial charge in [-0.25, -0.2) is 8.42 Å². The zero-order valence-electron chi connectivity index (χ0n) is 21.5. The predicted octanol–water partition coefficient (Wildman–Crippen LogP) is 5.52. The fourth-order valence-electron chi connectivity index (χ4n) is 3.72. The molecule has 38 heavy (non-hydrogen) atoms. The van der Waals surface area contributed by atoms with Gasteiger partial charge < -0.3 is 10.2 Å². The highest BCUT2D eigenvalue weighted by Gasteiger charge is 2.33. The molecule has 0 fully saturated rings. The van der Waals surface area contributed by atoms with Crippen LogP contribution < -0.4 is 9.62 Å². The van der Waals surface area contributed by atoms with Gasteiger partial charge in [-0.2, -0.15) is 0 Å². The van der Waals surface area contributed by atoms with Crippen LogP contribution in [-0.2, 0) is 26.2 Å². The first-order chi connectivity index (χ1) is 18.0. The van der Waals surface area contributed by atoms with Crippen molar-refractivity contribution in [1.29, 1.82) is 0 Å². The number of anilines is 1. The normalized spacial score (nSPS) is 12.9. The van der Waals surface area contributed by atoms with E-state index in [-0.39, 0.29) is 23.4 Å². The van der Waals surface area contributed by atoms with Crippen LogP contribution in [0, 0.1) is 0 Å². The SMILES string of the molecule is CC[C@H](C)NC(=O)[C@@H](C)N(Cc1ccc(Cl)cc1Cl)C(=O)CN(c1ccccc1)S(=O)(=O)c1ccccc1. The zero-order chi connectivity index (χ0) is 27.9. The molecule has 3 aromatic rings. The topological polar surface area (TPSA) is 86.8 Å². The summed E-state index contributed by atoms with van der Waals surface area (Å²) in [5.41, 5.74) is 0.899. The molecule has 0 aliphatic carbocycles. The van der Waals surface area contributed by atoms with Gasteiger partial charge in [-0.05, 0) is 62.2 Å². The van der Waals surface area contributed by atoms with Gasteiger partial charge in [0.2, 0.25) is 11.8 Å².